The van der Waals surface area contributed by atoms with Crippen LogP contribution in [0.1, 0.15) is 51.6 Å². The summed E-state index contributed by atoms with van der Waals surface area (Å²) in [5, 5.41) is 3.16. The lowest BCUT2D eigenvalue weighted by molar-refractivity contribution is 0.0142. The average Bonchev–Trinajstić information content (AvgIpc) is 2.99. The quantitative estimate of drug-likeness (QED) is 0.837. The molecule has 1 saturated heterocycles. The van der Waals surface area contributed by atoms with Gasteiger partial charge in [0.2, 0.25) is 0 Å². The van der Waals surface area contributed by atoms with Gasteiger partial charge in [-0.05, 0) is 53.5 Å². The number of piperidine rings is 1. The molecule has 130 valence electrons. The molecule has 1 amide bonds. The molecular formula is C17H29N3O2S. The van der Waals surface area contributed by atoms with Crippen LogP contribution in [0.2, 0.25) is 0 Å². The summed E-state index contributed by atoms with van der Waals surface area (Å²) in [6, 6.07) is 0.312. The monoisotopic (exact) mass is 339 g/mol. The van der Waals surface area contributed by atoms with E-state index < -0.39 is 5.60 Å². The summed E-state index contributed by atoms with van der Waals surface area (Å²) in [4.78, 5) is 20.9. The van der Waals surface area contributed by atoms with Gasteiger partial charge in [0.25, 0.3) is 0 Å². The molecular weight excluding hydrogens is 310 g/mol. The fourth-order valence-corrected chi connectivity index (χ4v) is 3.66. The summed E-state index contributed by atoms with van der Waals surface area (Å²) < 4.78 is 5.50. The van der Waals surface area contributed by atoms with Gasteiger partial charge in [-0.2, -0.15) is 0 Å². The van der Waals surface area contributed by atoms with E-state index in [2.05, 4.69) is 23.9 Å². The molecule has 5 nitrogen and oxygen atoms in total. The molecule has 2 rings (SSSR count). The highest BCUT2D eigenvalue weighted by molar-refractivity contribution is 7.09. The van der Waals surface area contributed by atoms with E-state index in [0.29, 0.717) is 12.0 Å². The highest BCUT2D eigenvalue weighted by Crippen LogP contribution is 2.25. The van der Waals surface area contributed by atoms with Crippen LogP contribution >= 0.6 is 11.3 Å². The Kier molecular flexibility index (Phi) is 6.03. The van der Waals surface area contributed by atoms with Gasteiger partial charge in [-0.1, -0.05) is 0 Å². The molecule has 1 aromatic rings. The second-order valence-electron chi connectivity index (χ2n) is 7.42. The second kappa shape index (κ2) is 7.62. The third kappa shape index (κ3) is 5.46. The minimum absolute atomic E-state index is 0.183. The van der Waals surface area contributed by atoms with Crippen molar-refractivity contribution >= 4 is 17.4 Å². The Hall–Kier alpha value is -1.14. The van der Waals surface area contributed by atoms with Gasteiger partial charge < -0.3 is 9.64 Å². The predicted molar refractivity (Wildman–Crippen MR) is 93.7 cm³/mol. The van der Waals surface area contributed by atoms with E-state index in [9.17, 15) is 4.79 Å². The second-order valence-corrected chi connectivity index (χ2v) is 8.35. The van der Waals surface area contributed by atoms with Crippen LogP contribution in [0.5, 0.6) is 0 Å². The van der Waals surface area contributed by atoms with Gasteiger partial charge in [0.1, 0.15) is 10.6 Å². The van der Waals surface area contributed by atoms with Crippen molar-refractivity contribution in [2.45, 2.75) is 52.2 Å². The number of hydrogen-bond donors (Lipinski definition) is 0. The molecule has 0 radical (unpaired) electrons. The van der Waals surface area contributed by atoms with Crippen LogP contribution in [-0.2, 0) is 4.74 Å². The van der Waals surface area contributed by atoms with Crippen LogP contribution in [0.25, 0.3) is 0 Å². The number of likely N-dealkylation sites (tertiary alicyclic amines) is 1. The van der Waals surface area contributed by atoms with Crippen LogP contribution in [0.15, 0.2) is 11.6 Å². The minimum atomic E-state index is -0.430. The predicted octanol–water partition coefficient (Wildman–Crippen LogP) is 3.78. The maximum atomic E-state index is 12.2. The molecule has 1 aromatic heterocycles. The topological polar surface area (TPSA) is 45.7 Å². The molecule has 1 fully saturated rings. The number of amides is 1. The van der Waals surface area contributed by atoms with Gasteiger partial charge in [0.15, 0.2) is 0 Å². The molecule has 0 saturated carbocycles. The molecule has 0 bridgehead atoms. The molecule has 0 unspecified atom stereocenters. The normalized spacial score (nSPS) is 20.6. The largest absolute Gasteiger partial charge is 0.444 e. The molecule has 23 heavy (non-hydrogen) atoms. The molecule has 2 heterocycles. The first-order valence-corrected chi connectivity index (χ1v) is 9.22. The molecule has 0 spiro atoms. The zero-order valence-electron chi connectivity index (χ0n) is 14.9. The van der Waals surface area contributed by atoms with Crippen molar-refractivity contribution < 1.29 is 9.53 Å². The van der Waals surface area contributed by atoms with Crippen LogP contribution in [0.4, 0.5) is 4.79 Å². The van der Waals surface area contributed by atoms with Crippen molar-refractivity contribution in [3.05, 3.63) is 16.6 Å². The number of carbonyl (C=O) groups is 1. The van der Waals surface area contributed by atoms with Crippen molar-refractivity contribution in [1.29, 1.82) is 0 Å². The standard InChI is InChI=1S/C17H29N3O2S/c1-13(15-18-8-10-23-15)19(5)11-14-7-6-9-20(12-14)16(21)22-17(2,3)4/h8,10,13-14H,6-7,9,11-12H2,1-5H3/t13-,14+/m0/s1. The molecule has 1 aliphatic heterocycles. The third-order valence-corrected chi connectivity index (χ3v) is 5.13. The molecule has 0 N–H and O–H groups in total. The van der Waals surface area contributed by atoms with E-state index in [1.165, 1.54) is 0 Å². The molecule has 0 aromatic carbocycles. The number of rotatable bonds is 4. The Balaban J connectivity index is 1.87. The van der Waals surface area contributed by atoms with E-state index in [1.807, 2.05) is 37.2 Å². The highest BCUT2D eigenvalue weighted by Gasteiger charge is 2.29. The summed E-state index contributed by atoms with van der Waals surface area (Å²) in [5.74, 6) is 0.490. The van der Waals surface area contributed by atoms with Gasteiger partial charge >= 0.3 is 6.09 Å². The lowest BCUT2D eigenvalue weighted by atomic mass is 9.97. The fraction of sp³-hybridized carbons (Fsp3) is 0.765. The van der Waals surface area contributed by atoms with E-state index in [1.54, 1.807) is 11.3 Å². The summed E-state index contributed by atoms with van der Waals surface area (Å²) in [6.45, 7) is 10.5. The van der Waals surface area contributed by atoms with E-state index in [0.717, 1.165) is 37.5 Å². The minimum Gasteiger partial charge on any atom is -0.444 e. The number of thiazole rings is 1. The van der Waals surface area contributed by atoms with E-state index in [4.69, 9.17) is 4.74 Å². The molecule has 6 heteroatoms. The lowest BCUT2D eigenvalue weighted by Crippen LogP contribution is -2.45. The van der Waals surface area contributed by atoms with Crippen molar-refractivity contribution in [2.24, 2.45) is 5.92 Å². The van der Waals surface area contributed by atoms with E-state index >= 15 is 0 Å². The van der Waals surface area contributed by atoms with Gasteiger partial charge in [-0.25, -0.2) is 9.78 Å². The first-order chi connectivity index (χ1) is 10.8. The number of nitrogens with zero attached hydrogens (tertiary/aromatic N) is 3. The Morgan fingerprint density at radius 1 is 1.57 bits per heavy atom. The van der Waals surface area contributed by atoms with Crippen LogP contribution in [0.3, 0.4) is 0 Å². The van der Waals surface area contributed by atoms with Crippen LogP contribution < -0.4 is 0 Å². The summed E-state index contributed by atoms with van der Waals surface area (Å²) in [5.41, 5.74) is -0.430. The van der Waals surface area contributed by atoms with Crippen molar-refractivity contribution in [3.8, 4) is 0 Å². The summed E-state index contributed by atoms with van der Waals surface area (Å²) >= 11 is 1.70. The first-order valence-electron chi connectivity index (χ1n) is 8.34. The summed E-state index contributed by atoms with van der Waals surface area (Å²) in [6.07, 6.45) is 3.88. The molecule has 0 aliphatic carbocycles. The van der Waals surface area contributed by atoms with Crippen molar-refractivity contribution in [2.75, 3.05) is 26.7 Å². The Morgan fingerprint density at radius 2 is 2.30 bits per heavy atom. The Labute approximate surface area is 143 Å². The molecule has 1 aliphatic rings. The molecule has 2 atom stereocenters. The zero-order valence-corrected chi connectivity index (χ0v) is 15.7. The van der Waals surface area contributed by atoms with Gasteiger partial charge in [-0.15, -0.1) is 11.3 Å². The smallest absolute Gasteiger partial charge is 0.410 e. The van der Waals surface area contributed by atoms with Crippen LogP contribution in [-0.4, -0.2) is 53.2 Å². The lowest BCUT2D eigenvalue weighted by Gasteiger charge is -2.36. The number of hydrogen-bond acceptors (Lipinski definition) is 5. The van der Waals surface area contributed by atoms with Gasteiger partial charge in [0, 0.05) is 31.2 Å². The van der Waals surface area contributed by atoms with Crippen molar-refractivity contribution in [1.82, 2.24) is 14.8 Å². The van der Waals surface area contributed by atoms with Crippen molar-refractivity contribution in [3.63, 3.8) is 0 Å². The number of ether oxygens (including phenoxy) is 1. The average molecular weight is 340 g/mol. The van der Waals surface area contributed by atoms with Gasteiger partial charge in [-0.3, -0.25) is 4.90 Å². The van der Waals surface area contributed by atoms with E-state index in [-0.39, 0.29) is 6.09 Å². The third-order valence-electron chi connectivity index (χ3n) is 4.19. The first kappa shape index (κ1) is 18.2. The summed E-state index contributed by atoms with van der Waals surface area (Å²) in [7, 11) is 2.14. The maximum absolute atomic E-state index is 12.2. The van der Waals surface area contributed by atoms with Gasteiger partial charge in [0.05, 0.1) is 6.04 Å². The number of aromatic nitrogens is 1. The fourth-order valence-electron chi connectivity index (χ4n) is 2.90. The zero-order chi connectivity index (χ0) is 17.0. The Bertz CT molecular complexity index is 498. The maximum Gasteiger partial charge on any atom is 0.410 e. The number of carbonyl (C=O) groups excluding carboxylic acids is 1. The SMILES string of the molecule is C[C@@H](c1nccs1)N(C)C[C@H]1CCCN(C(=O)OC(C)(C)C)C1. The highest BCUT2D eigenvalue weighted by atomic mass is 32.1. The Morgan fingerprint density at radius 3 is 2.91 bits per heavy atom. The van der Waals surface area contributed by atoms with Crippen LogP contribution in [0, 0.1) is 5.92 Å².